The van der Waals surface area contributed by atoms with Gasteiger partial charge in [0.15, 0.2) is 0 Å². The molecule has 0 bridgehead atoms. The van der Waals surface area contributed by atoms with E-state index >= 15 is 0 Å². The molecule has 108 valence electrons. The van der Waals surface area contributed by atoms with Gasteiger partial charge in [0.05, 0.1) is 10.6 Å². The SMILES string of the molecule is CCCOCCCNc1ccc(S(N)(=O)=O)cc1F. The molecule has 0 aliphatic rings. The van der Waals surface area contributed by atoms with E-state index in [0.29, 0.717) is 13.2 Å². The van der Waals surface area contributed by atoms with E-state index in [1.807, 2.05) is 6.92 Å². The second kappa shape index (κ2) is 7.42. The van der Waals surface area contributed by atoms with E-state index in [9.17, 15) is 12.8 Å². The Morgan fingerprint density at radius 3 is 2.68 bits per heavy atom. The number of hydrogen-bond donors (Lipinski definition) is 2. The minimum atomic E-state index is -3.87. The van der Waals surface area contributed by atoms with Crippen molar-refractivity contribution < 1.29 is 17.5 Å². The first kappa shape index (κ1) is 15.9. The zero-order valence-electron chi connectivity index (χ0n) is 10.9. The summed E-state index contributed by atoms with van der Waals surface area (Å²) in [6, 6.07) is 3.54. The quantitative estimate of drug-likeness (QED) is 0.714. The van der Waals surface area contributed by atoms with Crippen LogP contribution in [0.3, 0.4) is 0 Å². The molecule has 0 spiro atoms. The predicted octanol–water partition coefficient (Wildman–Crippen LogP) is 1.70. The standard InChI is InChI=1S/C12H19FN2O3S/c1-2-7-18-8-3-6-15-12-5-4-10(9-11(12)13)19(14,16)17/h4-5,9,15H,2-3,6-8H2,1H3,(H2,14,16,17). The van der Waals surface area contributed by atoms with Crippen molar-refractivity contribution in [2.75, 3.05) is 25.1 Å². The van der Waals surface area contributed by atoms with Crippen LogP contribution in [0.15, 0.2) is 23.1 Å². The third-order valence-corrected chi connectivity index (χ3v) is 3.31. The summed E-state index contributed by atoms with van der Waals surface area (Å²) >= 11 is 0. The monoisotopic (exact) mass is 290 g/mol. The molecule has 3 N–H and O–H groups in total. The molecule has 0 heterocycles. The van der Waals surface area contributed by atoms with E-state index in [2.05, 4.69) is 5.32 Å². The first-order valence-corrected chi connectivity index (χ1v) is 7.63. The highest BCUT2D eigenvalue weighted by atomic mass is 32.2. The number of ether oxygens (including phenoxy) is 1. The highest BCUT2D eigenvalue weighted by Gasteiger charge is 2.11. The maximum atomic E-state index is 13.6. The lowest BCUT2D eigenvalue weighted by Crippen LogP contribution is -2.13. The summed E-state index contributed by atoms with van der Waals surface area (Å²) < 4.78 is 40.9. The molecular weight excluding hydrogens is 271 g/mol. The maximum Gasteiger partial charge on any atom is 0.238 e. The van der Waals surface area contributed by atoms with Gasteiger partial charge in [0.25, 0.3) is 0 Å². The van der Waals surface area contributed by atoms with Crippen LogP contribution < -0.4 is 10.5 Å². The van der Waals surface area contributed by atoms with E-state index in [0.717, 1.165) is 25.5 Å². The molecule has 0 aliphatic heterocycles. The molecule has 1 rings (SSSR count). The predicted molar refractivity (Wildman–Crippen MR) is 72.0 cm³/mol. The number of benzene rings is 1. The minimum Gasteiger partial charge on any atom is -0.383 e. The topological polar surface area (TPSA) is 81.4 Å². The summed E-state index contributed by atoms with van der Waals surface area (Å²) in [6.45, 7) is 3.91. The Morgan fingerprint density at radius 2 is 2.11 bits per heavy atom. The van der Waals surface area contributed by atoms with Crippen LogP contribution in [0.4, 0.5) is 10.1 Å². The number of halogens is 1. The smallest absolute Gasteiger partial charge is 0.238 e. The normalized spacial score (nSPS) is 11.5. The molecule has 0 radical (unpaired) electrons. The number of primary sulfonamides is 1. The maximum absolute atomic E-state index is 13.6. The zero-order valence-corrected chi connectivity index (χ0v) is 11.7. The second-order valence-electron chi connectivity index (χ2n) is 4.08. The molecule has 0 aliphatic carbocycles. The van der Waals surface area contributed by atoms with Crippen LogP contribution >= 0.6 is 0 Å². The fourth-order valence-electron chi connectivity index (χ4n) is 1.46. The van der Waals surface area contributed by atoms with Crippen molar-refractivity contribution in [1.82, 2.24) is 0 Å². The number of rotatable bonds is 8. The Morgan fingerprint density at radius 1 is 1.37 bits per heavy atom. The molecule has 0 fully saturated rings. The number of nitrogens with one attached hydrogen (secondary N) is 1. The summed E-state index contributed by atoms with van der Waals surface area (Å²) in [6.07, 6.45) is 1.72. The van der Waals surface area contributed by atoms with Crippen LogP contribution in [0.2, 0.25) is 0 Å². The van der Waals surface area contributed by atoms with Crippen LogP contribution in [0.1, 0.15) is 19.8 Å². The van der Waals surface area contributed by atoms with Gasteiger partial charge in [-0.2, -0.15) is 0 Å². The minimum absolute atomic E-state index is 0.234. The van der Waals surface area contributed by atoms with E-state index < -0.39 is 15.8 Å². The molecule has 0 saturated carbocycles. The molecule has 0 aromatic heterocycles. The van der Waals surface area contributed by atoms with Crippen LogP contribution in [-0.4, -0.2) is 28.2 Å². The van der Waals surface area contributed by atoms with Crippen LogP contribution in [0.25, 0.3) is 0 Å². The molecule has 0 atom stereocenters. The Bertz CT molecular complexity index is 506. The van der Waals surface area contributed by atoms with Gasteiger partial charge < -0.3 is 10.1 Å². The molecule has 0 saturated heterocycles. The Balaban J connectivity index is 2.47. The summed E-state index contributed by atoms with van der Waals surface area (Å²) in [5.74, 6) is -0.638. The van der Waals surface area contributed by atoms with Crippen LogP contribution in [0.5, 0.6) is 0 Å². The zero-order chi connectivity index (χ0) is 14.3. The fraction of sp³-hybridized carbons (Fsp3) is 0.500. The van der Waals surface area contributed by atoms with Gasteiger partial charge in [0.2, 0.25) is 10.0 Å². The van der Waals surface area contributed by atoms with E-state index in [1.54, 1.807) is 0 Å². The van der Waals surface area contributed by atoms with Crippen molar-refractivity contribution in [2.24, 2.45) is 5.14 Å². The van der Waals surface area contributed by atoms with Gasteiger partial charge in [-0.1, -0.05) is 6.92 Å². The summed E-state index contributed by atoms with van der Waals surface area (Å²) in [5.41, 5.74) is 0.253. The lowest BCUT2D eigenvalue weighted by molar-refractivity contribution is 0.134. The molecule has 7 heteroatoms. The van der Waals surface area contributed by atoms with Crippen molar-refractivity contribution in [2.45, 2.75) is 24.7 Å². The first-order valence-electron chi connectivity index (χ1n) is 6.09. The van der Waals surface area contributed by atoms with Crippen molar-refractivity contribution in [1.29, 1.82) is 0 Å². The van der Waals surface area contributed by atoms with E-state index in [4.69, 9.17) is 9.88 Å². The molecule has 0 unspecified atom stereocenters. The average Bonchev–Trinajstić information content (AvgIpc) is 2.34. The largest absolute Gasteiger partial charge is 0.383 e. The van der Waals surface area contributed by atoms with Gasteiger partial charge in [-0.3, -0.25) is 0 Å². The Hall–Kier alpha value is -1.18. The lowest BCUT2D eigenvalue weighted by Gasteiger charge is -2.08. The summed E-state index contributed by atoms with van der Waals surface area (Å²) in [4.78, 5) is -0.234. The fourth-order valence-corrected chi connectivity index (χ4v) is 1.99. The van der Waals surface area contributed by atoms with Crippen molar-refractivity contribution in [3.05, 3.63) is 24.0 Å². The van der Waals surface area contributed by atoms with Gasteiger partial charge in [-0.15, -0.1) is 0 Å². The highest BCUT2D eigenvalue weighted by Crippen LogP contribution is 2.17. The van der Waals surface area contributed by atoms with E-state index in [1.165, 1.54) is 12.1 Å². The molecule has 5 nitrogen and oxygen atoms in total. The number of hydrogen-bond acceptors (Lipinski definition) is 4. The third-order valence-electron chi connectivity index (χ3n) is 2.40. The van der Waals surface area contributed by atoms with Crippen LogP contribution in [-0.2, 0) is 14.8 Å². The van der Waals surface area contributed by atoms with Crippen LogP contribution in [0, 0.1) is 5.82 Å². The third kappa shape index (κ3) is 5.54. The van der Waals surface area contributed by atoms with Gasteiger partial charge in [0.1, 0.15) is 5.82 Å². The second-order valence-corrected chi connectivity index (χ2v) is 5.64. The first-order chi connectivity index (χ1) is 8.95. The lowest BCUT2D eigenvalue weighted by atomic mass is 10.3. The van der Waals surface area contributed by atoms with E-state index in [-0.39, 0.29) is 10.6 Å². The molecule has 1 aromatic carbocycles. The van der Waals surface area contributed by atoms with Gasteiger partial charge in [0, 0.05) is 19.8 Å². The molecular formula is C12H19FN2O3S. The summed E-state index contributed by atoms with van der Waals surface area (Å²) in [7, 11) is -3.87. The van der Waals surface area contributed by atoms with Crippen molar-refractivity contribution in [3.63, 3.8) is 0 Å². The Labute approximate surface area is 113 Å². The number of nitrogens with two attached hydrogens (primary N) is 1. The Kier molecular flexibility index (Phi) is 6.20. The molecule has 1 aromatic rings. The van der Waals surface area contributed by atoms with Gasteiger partial charge in [-0.05, 0) is 31.0 Å². The number of anilines is 1. The van der Waals surface area contributed by atoms with Crippen molar-refractivity contribution in [3.8, 4) is 0 Å². The highest BCUT2D eigenvalue weighted by molar-refractivity contribution is 7.89. The molecule has 19 heavy (non-hydrogen) atoms. The van der Waals surface area contributed by atoms with Gasteiger partial charge in [-0.25, -0.2) is 17.9 Å². The summed E-state index contributed by atoms with van der Waals surface area (Å²) in [5, 5.41) is 7.79. The van der Waals surface area contributed by atoms with Gasteiger partial charge >= 0.3 is 0 Å². The van der Waals surface area contributed by atoms with Crippen molar-refractivity contribution >= 4 is 15.7 Å². The number of sulfonamides is 1. The molecule has 0 amide bonds. The average molecular weight is 290 g/mol.